The van der Waals surface area contributed by atoms with Gasteiger partial charge in [-0.05, 0) is 5.56 Å². The quantitative estimate of drug-likeness (QED) is 0.718. The van der Waals surface area contributed by atoms with Gasteiger partial charge in [0.15, 0.2) is 0 Å². The van der Waals surface area contributed by atoms with Gasteiger partial charge < -0.3 is 10.5 Å². The van der Waals surface area contributed by atoms with Gasteiger partial charge in [0, 0.05) is 6.42 Å². The third-order valence-electron chi connectivity index (χ3n) is 2.20. The highest BCUT2D eigenvalue weighted by atomic mass is 35.5. The normalized spacial score (nSPS) is 25.4. The molecule has 1 aliphatic rings. The fourth-order valence-electron chi connectivity index (χ4n) is 1.47. The smallest absolute Gasteiger partial charge is 0.323 e. The standard InChI is InChI=1S/C10H11NO2.ClH/c11-8-6-9(13-10(8)12)7-4-2-1-3-5-7;/h1-5,8-9H,6,11H2;1H/t8-,9-;/m1./s1. The Balaban J connectivity index is 0.000000980. The average Bonchev–Trinajstić information content (AvgIpc) is 2.49. The Morgan fingerprint density at radius 3 is 2.43 bits per heavy atom. The zero-order valence-electron chi connectivity index (χ0n) is 7.55. The van der Waals surface area contributed by atoms with Crippen molar-refractivity contribution in [2.24, 2.45) is 5.73 Å². The summed E-state index contributed by atoms with van der Waals surface area (Å²) in [6, 6.07) is 9.21. The number of halogens is 1. The number of rotatable bonds is 1. The van der Waals surface area contributed by atoms with E-state index >= 15 is 0 Å². The lowest BCUT2D eigenvalue weighted by Crippen LogP contribution is -2.24. The van der Waals surface area contributed by atoms with Gasteiger partial charge in [0.1, 0.15) is 12.1 Å². The van der Waals surface area contributed by atoms with Crippen LogP contribution in [0.25, 0.3) is 0 Å². The van der Waals surface area contributed by atoms with Crippen molar-refractivity contribution >= 4 is 18.4 Å². The minimum absolute atomic E-state index is 0. The number of hydrogen-bond acceptors (Lipinski definition) is 3. The van der Waals surface area contributed by atoms with Gasteiger partial charge in [-0.2, -0.15) is 0 Å². The zero-order valence-corrected chi connectivity index (χ0v) is 8.37. The highest BCUT2D eigenvalue weighted by molar-refractivity contribution is 5.85. The lowest BCUT2D eigenvalue weighted by atomic mass is 10.1. The minimum atomic E-state index is -0.454. The third-order valence-corrected chi connectivity index (χ3v) is 2.20. The number of ether oxygens (including phenoxy) is 1. The van der Waals surface area contributed by atoms with Crippen LogP contribution in [0.3, 0.4) is 0 Å². The summed E-state index contributed by atoms with van der Waals surface area (Å²) in [6.45, 7) is 0. The summed E-state index contributed by atoms with van der Waals surface area (Å²) in [5.74, 6) is -0.297. The van der Waals surface area contributed by atoms with Gasteiger partial charge in [-0.3, -0.25) is 4.79 Å². The zero-order chi connectivity index (χ0) is 9.26. The largest absolute Gasteiger partial charge is 0.456 e. The van der Waals surface area contributed by atoms with Crippen molar-refractivity contribution in [2.45, 2.75) is 18.6 Å². The van der Waals surface area contributed by atoms with E-state index in [0.29, 0.717) is 6.42 Å². The topological polar surface area (TPSA) is 52.3 Å². The van der Waals surface area contributed by atoms with E-state index in [2.05, 4.69) is 0 Å². The molecule has 0 bridgehead atoms. The number of carbonyl (C=O) groups excluding carboxylic acids is 1. The Bertz CT molecular complexity index is 315. The van der Waals surface area contributed by atoms with Gasteiger partial charge in [0.2, 0.25) is 0 Å². The van der Waals surface area contributed by atoms with E-state index in [1.807, 2.05) is 30.3 Å². The first-order valence-electron chi connectivity index (χ1n) is 4.28. The number of benzene rings is 1. The van der Waals surface area contributed by atoms with Gasteiger partial charge in [-0.1, -0.05) is 30.3 Å². The Hall–Kier alpha value is -1.06. The molecular weight excluding hydrogens is 202 g/mol. The third kappa shape index (κ3) is 2.05. The van der Waals surface area contributed by atoms with Crippen LogP contribution in [0, 0.1) is 0 Å². The molecule has 2 N–H and O–H groups in total. The molecule has 3 nitrogen and oxygen atoms in total. The summed E-state index contributed by atoms with van der Waals surface area (Å²) >= 11 is 0. The van der Waals surface area contributed by atoms with Crippen molar-refractivity contribution in [3.8, 4) is 0 Å². The number of nitrogens with two attached hydrogens (primary N) is 1. The Labute approximate surface area is 88.7 Å². The second-order valence-corrected chi connectivity index (χ2v) is 3.18. The number of hydrogen-bond donors (Lipinski definition) is 1. The van der Waals surface area contributed by atoms with Crippen LogP contribution in [-0.4, -0.2) is 12.0 Å². The van der Waals surface area contributed by atoms with Crippen molar-refractivity contribution in [3.05, 3.63) is 35.9 Å². The SMILES string of the molecule is Cl.N[C@@H]1C[C@H](c2ccccc2)OC1=O. The van der Waals surface area contributed by atoms with Crippen LogP contribution in [0.5, 0.6) is 0 Å². The molecule has 0 saturated carbocycles. The van der Waals surface area contributed by atoms with Gasteiger partial charge >= 0.3 is 5.97 Å². The Morgan fingerprint density at radius 1 is 1.29 bits per heavy atom. The molecule has 1 aromatic rings. The number of carbonyl (C=O) groups is 1. The minimum Gasteiger partial charge on any atom is -0.456 e. The molecule has 2 rings (SSSR count). The summed E-state index contributed by atoms with van der Waals surface area (Å²) in [5, 5.41) is 0. The summed E-state index contributed by atoms with van der Waals surface area (Å²) < 4.78 is 5.10. The van der Waals surface area contributed by atoms with Crippen molar-refractivity contribution in [3.63, 3.8) is 0 Å². The molecule has 1 aliphatic heterocycles. The van der Waals surface area contributed by atoms with Crippen LogP contribution < -0.4 is 5.73 Å². The molecule has 76 valence electrons. The maximum Gasteiger partial charge on any atom is 0.323 e. The molecule has 14 heavy (non-hydrogen) atoms. The van der Waals surface area contributed by atoms with Crippen LogP contribution >= 0.6 is 12.4 Å². The van der Waals surface area contributed by atoms with E-state index < -0.39 is 6.04 Å². The molecule has 0 amide bonds. The fourth-order valence-corrected chi connectivity index (χ4v) is 1.47. The van der Waals surface area contributed by atoms with Gasteiger partial charge in [0.05, 0.1) is 0 Å². The maximum absolute atomic E-state index is 11.0. The first-order valence-corrected chi connectivity index (χ1v) is 4.28. The predicted molar refractivity (Wildman–Crippen MR) is 55.1 cm³/mol. The molecule has 0 aromatic heterocycles. The number of cyclic esters (lactones) is 1. The molecule has 1 saturated heterocycles. The monoisotopic (exact) mass is 213 g/mol. The maximum atomic E-state index is 11.0. The predicted octanol–water partition coefficient (Wildman–Crippen LogP) is 1.42. The van der Waals surface area contributed by atoms with Crippen molar-refractivity contribution < 1.29 is 9.53 Å². The van der Waals surface area contributed by atoms with Crippen molar-refractivity contribution in [2.75, 3.05) is 0 Å². The fraction of sp³-hybridized carbons (Fsp3) is 0.300. The summed E-state index contributed by atoms with van der Waals surface area (Å²) in [7, 11) is 0. The summed E-state index contributed by atoms with van der Waals surface area (Å²) in [5.41, 5.74) is 6.55. The molecular formula is C10H12ClNO2. The van der Waals surface area contributed by atoms with E-state index in [4.69, 9.17) is 10.5 Å². The van der Waals surface area contributed by atoms with Crippen molar-refractivity contribution in [1.29, 1.82) is 0 Å². The highest BCUT2D eigenvalue weighted by Crippen LogP contribution is 2.28. The molecule has 1 heterocycles. The molecule has 1 fully saturated rings. The van der Waals surface area contributed by atoms with E-state index in [9.17, 15) is 4.79 Å². The molecule has 0 unspecified atom stereocenters. The molecule has 4 heteroatoms. The molecule has 0 aliphatic carbocycles. The van der Waals surface area contributed by atoms with Crippen LogP contribution in [0.2, 0.25) is 0 Å². The average molecular weight is 214 g/mol. The summed E-state index contributed by atoms with van der Waals surface area (Å²) in [4.78, 5) is 11.0. The second kappa shape index (κ2) is 4.44. The lowest BCUT2D eigenvalue weighted by molar-refractivity contribution is -0.142. The van der Waals surface area contributed by atoms with Crippen LogP contribution in [-0.2, 0) is 9.53 Å². The van der Waals surface area contributed by atoms with E-state index in [1.54, 1.807) is 0 Å². The molecule has 0 radical (unpaired) electrons. The first kappa shape index (κ1) is 11.0. The molecule has 0 spiro atoms. The van der Waals surface area contributed by atoms with E-state index in [1.165, 1.54) is 0 Å². The van der Waals surface area contributed by atoms with E-state index in [0.717, 1.165) is 5.56 Å². The summed E-state index contributed by atoms with van der Waals surface area (Å²) in [6.07, 6.45) is 0.437. The van der Waals surface area contributed by atoms with Gasteiger partial charge in [-0.15, -0.1) is 12.4 Å². The van der Waals surface area contributed by atoms with Crippen LogP contribution in [0.1, 0.15) is 18.1 Å². The van der Waals surface area contributed by atoms with Crippen LogP contribution in [0.4, 0.5) is 0 Å². The molecule has 1 aromatic carbocycles. The van der Waals surface area contributed by atoms with Gasteiger partial charge in [-0.25, -0.2) is 0 Å². The van der Waals surface area contributed by atoms with Crippen molar-refractivity contribution in [1.82, 2.24) is 0 Å². The Morgan fingerprint density at radius 2 is 1.93 bits per heavy atom. The first-order chi connectivity index (χ1) is 6.27. The number of esters is 1. The van der Waals surface area contributed by atoms with Gasteiger partial charge in [0.25, 0.3) is 0 Å². The van der Waals surface area contributed by atoms with Crippen LogP contribution in [0.15, 0.2) is 30.3 Å². The van der Waals surface area contributed by atoms with E-state index in [-0.39, 0.29) is 24.5 Å². The molecule has 2 atom stereocenters. The highest BCUT2D eigenvalue weighted by Gasteiger charge is 2.32. The second-order valence-electron chi connectivity index (χ2n) is 3.18. The lowest BCUT2D eigenvalue weighted by Gasteiger charge is -2.07. The Kier molecular flexibility index (Phi) is 3.49.